The fourth-order valence-corrected chi connectivity index (χ4v) is 0.716. The lowest BCUT2D eigenvalue weighted by atomic mass is 10.3. The molecule has 0 saturated carbocycles. The van der Waals surface area contributed by atoms with Gasteiger partial charge in [-0.05, 0) is 12.1 Å². The normalized spacial score (nSPS) is 9.21. The number of ether oxygens (including phenoxy) is 1. The monoisotopic (exact) mass is 196 g/mol. The first-order chi connectivity index (χ1) is 6.74. The zero-order valence-corrected chi connectivity index (χ0v) is 7.06. The number of aromatic nitrogens is 1. The third-order valence-electron chi connectivity index (χ3n) is 1.28. The molecule has 0 aliphatic heterocycles. The molecule has 0 radical (unpaired) electrons. The second-order valence-corrected chi connectivity index (χ2v) is 2.18. The highest BCUT2D eigenvalue weighted by molar-refractivity contribution is 5.96. The molecule has 0 fully saturated rings. The Hall–Kier alpha value is -1.99. The van der Waals surface area contributed by atoms with E-state index < -0.39 is 12.1 Å². The zero-order chi connectivity index (χ0) is 10.4. The van der Waals surface area contributed by atoms with E-state index in [1.165, 1.54) is 24.5 Å². The molecule has 0 saturated heterocycles. The van der Waals surface area contributed by atoms with Gasteiger partial charge in [-0.15, -0.1) is 0 Å². The SMILES string of the molecule is NNNC(=O)OC(=O)c1ccncc1. The van der Waals surface area contributed by atoms with Crippen LogP contribution >= 0.6 is 0 Å². The number of nitrogens with two attached hydrogens (primary N) is 1. The maximum Gasteiger partial charge on any atom is 0.430 e. The highest BCUT2D eigenvalue weighted by Crippen LogP contribution is 1.98. The molecule has 0 bridgehead atoms. The number of hydrazine groups is 2. The molecule has 0 atom stereocenters. The molecular formula is C7H8N4O3. The molecule has 14 heavy (non-hydrogen) atoms. The van der Waals surface area contributed by atoms with Crippen LogP contribution in [0.5, 0.6) is 0 Å². The van der Waals surface area contributed by atoms with Gasteiger partial charge in [-0.1, -0.05) is 0 Å². The summed E-state index contributed by atoms with van der Waals surface area (Å²) in [6.07, 6.45) is 1.85. The lowest BCUT2D eigenvalue weighted by Crippen LogP contribution is -2.43. The minimum Gasteiger partial charge on any atom is -0.372 e. The van der Waals surface area contributed by atoms with Crippen molar-refractivity contribution < 1.29 is 14.3 Å². The second-order valence-electron chi connectivity index (χ2n) is 2.18. The lowest BCUT2D eigenvalue weighted by Gasteiger charge is -2.02. The molecule has 1 amide bonds. The molecule has 74 valence electrons. The Bertz CT molecular complexity index is 327. The minimum atomic E-state index is -0.977. The van der Waals surface area contributed by atoms with Crippen LogP contribution in [0.4, 0.5) is 4.79 Å². The van der Waals surface area contributed by atoms with E-state index >= 15 is 0 Å². The summed E-state index contributed by atoms with van der Waals surface area (Å²) in [6.45, 7) is 0. The van der Waals surface area contributed by atoms with Crippen LogP contribution in [-0.4, -0.2) is 17.0 Å². The molecular weight excluding hydrogens is 188 g/mol. The average Bonchev–Trinajstić information content (AvgIpc) is 2.19. The van der Waals surface area contributed by atoms with Crippen molar-refractivity contribution in [3.63, 3.8) is 0 Å². The number of rotatable bonds is 2. The van der Waals surface area contributed by atoms with Crippen molar-refractivity contribution in [2.75, 3.05) is 0 Å². The van der Waals surface area contributed by atoms with E-state index in [-0.39, 0.29) is 5.56 Å². The summed E-state index contributed by atoms with van der Waals surface area (Å²) in [7, 11) is 0. The van der Waals surface area contributed by atoms with Gasteiger partial charge in [-0.2, -0.15) is 5.53 Å². The van der Waals surface area contributed by atoms with Gasteiger partial charge in [0.2, 0.25) is 0 Å². The van der Waals surface area contributed by atoms with Gasteiger partial charge in [0, 0.05) is 12.4 Å². The van der Waals surface area contributed by atoms with E-state index in [9.17, 15) is 9.59 Å². The topological polar surface area (TPSA) is 106 Å². The number of esters is 1. The number of nitrogens with one attached hydrogen (secondary N) is 2. The number of hydrogen-bond donors (Lipinski definition) is 3. The van der Waals surface area contributed by atoms with Crippen molar-refractivity contribution in [1.82, 2.24) is 15.9 Å². The highest BCUT2D eigenvalue weighted by atomic mass is 16.6. The smallest absolute Gasteiger partial charge is 0.372 e. The Balaban J connectivity index is 2.55. The van der Waals surface area contributed by atoms with Gasteiger partial charge in [-0.25, -0.2) is 15.0 Å². The number of carbonyl (C=O) groups excluding carboxylic acids is 2. The third kappa shape index (κ3) is 2.81. The van der Waals surface area contributed by atoms with Crippen LogP contribution < -0.4 is 16.8 Å². The predicted octanol–water partition coefficient (Wildman–Crippen LogP) is -0.674. The van der Waals surface area contributed by atoms with Crippen molar-refractivity contribution in [2.45, 2.75) is 0 Å². The van der Waals surface area contributed by atoms with Crippen LogP contribution in [0.2, 0.25) is 0 Å². The van der Waals surface area contributed by atoms with E-state index in [2.05, 4.69) is 9.72 Å². The number of hydrogen-bond acceptors (Lipinski definition) is 6. The van der Waals surface area contributed by atoms with Crippen molar-refractivity contribution in [1.29, 1.82) is 0 Å². The predicted molar refractivity (Wildman–Crippen MR) is 45.5 cm³/mol. The summed E-state index contributed by atoms with van der Waals surface area (Å²) in [5, 5.41) is 0. The van der Waals surface area contributed by atoms with Gasteiger partial charge in [0.05, 0.1) is 5.56 Å². The summed E-state index contributed by atoms with van der Waals surface area (Å²) in [5.74, 6) is 3.98. The van der Waals surface area contributed by atoms with E-state index in [0.717, 1.165) is 0 Å². The molecule has 0 aliphatic carbocycles. The van der Waals surface area contributed by atoms with Crippen molar-refractivity contribution in [2.24, 2.45) is 5.84 Å². The Kier molecular flexibility index (Phi) is 3.53. The van der Waals surface area contributed by atoms with Crippen LogP contribution in [0.3, 0.4) is 0 Å². The summed E-state index contributed by atoms with van der Waals surface area (Å²) >= 11 is 0. The first-order valence-corrected chi connectivity index (χ1v) is 3.62. The van der Waals surface area contributed by atoms with Crippen LogP contribution in [-0.2, 0) is 4.74 Å². The van der Waals surface area contributed by atoms with Crippen molar-refractivity contribution in [3.05, 3.63) is 30.1 Å². The standard InChI is InChI=1S/C7H8N4O3/c8-11-10-7(13)14-6(12)5-1-3-9-4-2-5/h1-4,11H,8H2,(H,10,13). The van der Waals surface area contributed by atoms with Crippen LogP contribution in [0.1, 0.15) is 10.4 Å². The van der Waals surface area contributed by atoms with Crippen LogP contribution in [0.15, 0.2) is 24.5 Å². The molecule has 4 N–H and O–H groups in total. The summed E-state index contributed by atoms with van der Waals surface area (Å²) in [6, 6.07) is 2.84. The Morgan fingerprint density at radius 2 is 2.00 bits per heavy atom. The van der Waals surface area contributed by atoms with Gasteiger partial charge in [0.25, 0.3) is 0 Å². The maximum absolute atomic E-state index is 11.2. The number of nitrogens with zero attached hydrogens (tertiary/aromatic N) is 1. The van der Waals surface area contributed by atoms with Gasteiger partial charge < -0.3 is 4.74 Å². The molecule has 1 heterocycles. The summed E-state index contributed by atoms with van der Waals surface area (Å²) in [5.41, 5.74) is 3.94. The molecule has 7 nitrogen and oxygen atoms in total. The van der Waals surface area contributed by atoms with Gasteiger partial charge in [0.15, 0.2) is 0 Å². The van der Waals surface area contributed by atoms with E-state index in [1.54, 1.807) is 0 Å². The van der Waals surface area contributed by atoms with E-state index in [1.807, 2.05) is 11.0 Å². The molecule has 1 aromatic heterocycles. The van der Waals surface area contributed by atoms with Gasteiger partial charge >= 0.3 is 12.1 Å². The van der Waals surface area contributed by atoms with E-state index in [4.69, 9.17) is 5.84 Å². The summed E-state index contributed by atoms with van der Waals surface area (Å²) < 4.78 is 4.32. The Labute approximate surface area is 79.2 Å². The van der Waals surface area contributed by atoms with E-state index in [0.29, 0.717) is 0 Å². The van der Waals surface area contributed by atoms with Crippen molar-refractivity contribution >= 4 is 12.1 Å². The van der Waals surface area contributed by atoms with Crippen molar-refractivity contribution in [3.8, 4) is 0 Å². The Morgan fingerprint density at radius 3 is 2.57 bits per heavy atom. The molecule has 0 spiro atoms. The first kappa shape index (κ1) is 10.1. The molecule has 0 unspecified atom stereocenters. The molecule has 0 aromatic carbocycles. The minimum absolute atomic E-state index is 0.229. The van der Waals surface area contributed by atoms with Gasteiger partial charge in [0.1, 0.15) is 0 Å². The van der Waals surface area contributed by atoms with Gasteiger partial charge in [-0.3, -0.25) is 10.8 Å². The maximum atomic E-state index is 11.2. The molecule has 1 rings (SSSR count). The lowest BCUT2D eigenvalue weighted by molar-refractivity contribution is 0.0616. The zero-order valence-electron chi connectivity index (χ0n) is 7.06. The number of carbonyl (C=O) groups is 2. The highest BCUT2D eigenvalue weighted by Gasteiger charge is 2.11. The average molecular weight is 196 g/mol. The quantitative estimate of drug-likeness (QED) is 0.250. The molecule has 0 aliphatic rings. The number of amides is 1. The largest absolute Gasteiger partial charge is 0.430 e. The van der Waals surface area contributed by atoms with Crippen LogP contribution in [0, 0.1) is 0 Å². The fraction of sp³-hybridized carbons (Fsp3) is 0. The second kappa shape index (κ2) is 4.90. The molecule has 1 aromatic rings. The Morgan fingerprint density at radius 1 is 1.36 bits per heavy atom. The number of pyridine rings is 1. The third-order valence-corrected chi connectivity index (χ3v) is 1.28. The summed E-state index contributed by atoms with van der Waals surface area (Å²) in [4.78, 5) is 25.6. The first-order valence-electron chi connectivity index (χ1n) is 3.62. The molecule has 7 heteroatoms. The fourth-order valence-electron chi connectivity index (χ4n) is 0.716. The van der Waals surface area contributed by atoms with Crippen LogP contribution in [0.25, 0.3) is 0 Å².